The highest BCUT2D eigenvalue weighted by atomic mass is 16.4. The standard InChI is InChI=1S/C16H22N2O3/c1-10-4-3-7-16(17,9-10)15(21)18-13-6-5-12(14(19)20)8-11(13)2/h5-6,8,10H,3-4,7,9,17H2,1-2H3,(H,18,21)(H,19,20). The molecule has 1 aliphatic rings. The Morgan fingerprint density at radius 2 is 2.14 bits per heavy atom. The van der Waals surface area contributed by atoms with E-state index in [2.05, 4.69) is 12.2 Å². The maximum atomic E-state index is 12.5. The van der Waals surface area contributed by atoms with E-state index in [9.17, 15) is 9.59 Å². The third kappa shape index (κ3) is 3.42. The molecule has 1 aromatic rings. The van der Waals surface area contributed by atoms with Crippen molar-refractivity contribution in [3.8, 4) is 0 Å². The predicted octanol–water partition coefficient (Wildman–Crippen LogP) is 2.54. The van der Waals surface area contributed by atoms with E-state index in [1.54, 1.807) is 19.1 Å². The Kier molecular flexibility index (Phi) is 4.32. The van der Waals surface area contributed by atoms with Crippen molar-refractivity contribution in [2.24, 2.45) is 11.7 Å². The summed E-state index contributed by atoms with van der Waals surface area (Å²) in [6, 6.07) is 4.65. The number of hydrogen-bond acceptors (Lipinski definition) is 3. The molecule has 1 aliphatic carbocycles. The quantitative estimate of drug-likeness (QED) is 0.797. The summed E-state index contributed by atoms with van der Waals surface area (Å²) in [6.07, 6.45) is 3.45. The molecule has 4 N–H and O–H groups in total. The van der Waals surface area contributed by atoms with E-state index in [1.807, 2.05) is 0 Å². The number of amides is 1. The number of carbonyl (C=O) groups excluding carboxylic acids is 1. The summed E-state index contributed by atoms with van der Waals surface area (Å²) in [5.41, 5.74) is 6.98. The van der Waals surface area contributed by atoms with Crippen LogP contribution in [0.25, 0.3) is 0 Å². The van der Waals surface area contributed by atoms with Gasteiger partial charge in [-0.05, 0) is 49.4 Å². The van der Waals surface area contributed by atoms with Crippen LogP contribution in [0.5, 0.6) is 0 Å². The van der Waals surface area contributed by atoms with Crippen molar-refractivity contribution in [1.82, 2.24) is 0 Å². The number of rotatable bonds is 3. The number of aromatic carboxylic acids is 1. The van der Waals surface area contributed by atoms with Gasteiger partial charge in [0.2, 0.25) is 5.91 Å². The second-order valence-corrected chi connectivity index (χ2v) is 6.15. The van der Waals surface area contributed by atoms with Gasteiger partial charge in [0.05, 0.1) is 11.1 Å². The number of carboxylic acids is 1. The third-order valence-electron chi connectivity index (χ3n) is 4.21. The highest BCUT2D eigenvalue weighted by molar-refractivity contribution is 5.99. The van der Waals surface area contributed by atoms with E-state index >= 15 is 0 Å². The molecule has 2 unspecified atom stereocenters. The first kappa shape index (κ1) is 15.5. The van der Waals surface area contributed by atoms with Crippen LogP contribution in [0, 0.1) is 12.8 Å². The maximum Gasteiger partial charge on any atom is 0.335 e. The lowest BCUT2D eigenvalue weighted by atomic mass is 9.76. The molecule has 5 heteroatoms. The van der Waals surface area contributed by atoms with Gasteiger partial charge in [0.1, 0.15) is 0 Å². The summed E-state index contributed by atoms with van der Waals surface area (Å²) >= 11 is 0. The van der Waals surface area contributed by atoms with Gasteiger partial charge in [-0.2, -0.15) is 0 Å². The second-order valence-electron chi connectivity index (χ2n) is 6.15. The first-order chi connectivity index (χ1) is 9.82. The number of benzene rings is 1. The number of anilines is 1. The molecule has 114 valence electrons. The molecule has 1 fully saturated rings. The van der Waals surface area contributed by atoms with Gasteiger partial charge < -0.3 is 16.2 Å². The molecule has 5 nitrogen and oxygen atoms in total. The first-order valence-corrected chi connectivity index (χ1v) is 7.26. The van der Waals surface area contributed by atoms with Crippen LogP contribution in [-0.4, -0.2) is 22.5 Å². The zero-order valence-corrected chi connectivity index (χ0v) is 12.5. The van der Waals surface area contributed by atoms with Gasteiger partial charge in [0, 0.05) is 5.69 Å². The van der Waals surface area contributed by atoms with Crippen molar-refractivity contribution in [2.75, 3.05) is 5.32 Å². The van der Waals surface area contributed by atoms with E-state index in [0.717, 1.165) is 18.4 Å². The third-order valence-corrected chi connectivity index (χ3v) is 4.21. The fraction of sp³-hybridized carbons (Fsp3) is 0.500. The van der Waals surface area contributed by atoms with Gasteiger partial charge in [-0.1, -0.05) is 19.8 Å². The molecule has 0 heterocycles. The fourth-order valence-corrected chi connectivity index (χ4v) is 2.98. The van der Waals surface area contributed by atoms with Crippen LogP contribution < -0.4 is 11.1 Å². The molecule has 0 radical (unpaired) electrons. The molecule has 0 aromatic heterocycles. The SMILES string of the molecule is Cc1cc(C(=O)O)ccc1NC(=O)C1(N)CCCC(C)C1. The molecule has 0 aliphatic heterocycles. The summed E-state index contributed by atoms with van der Waals surface area (Å²) in [4.78, 5) is 23.4. The molecule has 1 aromatic carbocycles. The minimum atomic E-state index is -0.979. The predicted molar refractivity (Wildman–Crippen MR) is 81.3 cm³/mol. The van der Waals surface area contributed by atoms with Gasteiger partial charge >= 0.3 is 5.97 Å². The first-order valence-electron chi connectivity index (χ1n) is 7.26. The average molecular weight is 290 g/mol. The Bertz CT molecular complexity index is 571. The van der Waals surface area contributed by atoms with Crippen LogP contribution in [-0.2, 0) is 4.79 Å². The molecule has 2 rings (SSSR count). The van der Waals surface area contributed by atoms with E-state index < -0.39 is 11.5 Å². The van der Waals surface area contributed by atoms with Gasteiger partial charge in [0.15, 0.2) is 0 Å². The number of carboxylic acid groups (broad SMARTS) is 1. The summed E-state index contributed by atoms with van der Waals surface area (Å²) < 4.78 is 0. The topological polar surface area (TPSA) is 92.4 Å². The summed E-state index contributed by atoms with van der Waals surface area (Å²) in [5, 5.41) is 11.8. The summed E-state index contributed by atoms with van der Waals surface area (Å²) in [5.74, 6) is -0.711. The van der Waals surface area contributed by atoms with E-state index in [1.165, 1.54) is 6.07 Å². The van der Waals surface area contributed by atoms with Gasteiger partial charge in [0.25, 0.3) is 0 Å². The normalized spacial score (nSPS) is 25.4. The molecule has 0 spiro atoms. The van der Waals surface area contributed by atoms with Crippen LogP contribution in [0.2, 0.25) is 0 Å². The molecule has 1 saturated carbocycles. The van der Waals surface area contributed by atoms with Gasteiger partial charge in [-0.25, -0.2) is 4.79 Å². The highest BCUT2D eigenvalue weighted by Crippen LogP contribution is 2.31. The van der Waals surface area contributed by atoms with Gasteiger partial charge in [-0.3, -0.25) is 4.79 Å². The zero-order valence-electron chi connectivity index (χ0n) is 12.5. The summed E-state index contributed by atoms with van der Waals surface area (Å²) in [7, 11) is 0. The monoisotopic (exact) mass is 290 g/mol. The summed E-state index contributed by atoms with van der Waals surface area (Å²) in [6.45, 7) is 3.88. The van der Waals surface area contributed by atoms with Crippen molar-refractivity contribution in [3.05, 3.63) is 29.3 Å². The Morgan fingerprint density at radius 3 is 2.71 bits per heavy atom. The lowest BCUT2D eigenvalue weighted by Gasteiger charge is -2.35. The maximum absolute atomic E-state index is 12.5. The molecular formula is C16H22N2O3. The molecule has 1 amide bonds. The minimum absolute atomic E-state index is 0.180. The van der Waals surface area contributed by atoms with E-state index in [4.69, 9.17) is 10.8 Å². The molecule has 2 atom stereocenters. The molecule has 21 heavy (non-hydrogen) atoms. The highest BCUT2D eigenvalue weighted by Gasteiger charge is 2.38. The van der Waals surface area contributed by atoms with Crippen LogP contribution in [0.1, 0.15) is 48.5 Å². The average Bonchev–Trinajstić information content (AvgIpc) is 2.40. The fourth-order valence-electron chi connectivity index (χ4n) is 2.98. The number of nitrogens with two attached hydrogens (primary N) is 1. The Hall–Kier alpha value is -1.88. The van der Waals surface area contributed by atoms with Crippen LogP contribution in [0.3, 0.4) is 0 Å². The van der Waals surface area contributed by atoms with Crippen LogP contribution in [0.4, 0.5) is 5.69 Å². The number of aryl methyl sites for hydroxylation is 1. The Balaban J connectivity index is 2.14. The molecular weight excluding hydrogens is 268 g/mol. The van der Waals surface area contributed by atoms with Crippen molar-refractivity contribution in [3.63, 3.8) is 0 Å². The smallest absolute Gasteiger partial charge is 0.335 e. The Morgan fingerprint density at radius 1 is 1.43 bits per heavy atom. The van der Waals surface area contributed by atoms with E-state index in [-0.39, 0.29) is 11.5 Å². The zero-order chi connectivity index (χ0) is 15.6. The number of hydrogen-bond donors (Lipinski definition) is 3. The Labute approximate surface area is 124 Å². The lowest BCUT2D eigenvalue weighted by Crippen LogP contribution is -2.53. The van der Waals surface area contributed by atoms with Crippen molar-refractivity contribution < 1.29 is 14.7 Å². The molecule has 0 saturated heterocycles. The van der Waals surface area contributed by atoms with Crippen molar-refractivity contribution in [1.29, 1.82) is 0 Å². The van der Waals surface area contributed by atoms with Crippen molar-refractivity contribution in [2.45, 2.75) is 45.1 Å². The van der Waals surface area contributed by atoms with Gasteiger partial charge in [-0.15, -0.1) is 0 Å². The van der Waals surface area contributed by atoms with Crippen LogP contribution in [0.15, 0.2) is 18.2 Å². The number of carbonyl (C=O) groups is 2. The second kappa shape index (κ2) is 5.85. The van der Waals surface area contributed by atoms with Crippen molar-refractivity contribution >= 4 is 17.6 Å². The lowest BCUT2D eigenvalue weighted by molar-refractivity contribution is -0.122. The largest absolute Gasteiger partial charge is 0.478 e. The minimum Gasteiger partial charge on any atom is -0.478 e. The number of nitrogens with one attached hydrogen (secondary N) is 1. The molecule has 0 bridgehead atoms. The van der Waals surface area contributed by atoms with Crippen LogP contribution >= 0.6 is 0 Å². The van der Waals surface area contributed by atoms with E-state index in [0.29, 0.717) is 24.4 Å².